The highest BCUT2D eigenvalue weighted by atomic mass is 32.2. The summed E-state index contributed by atoms with van der Waals surface area (Å²) < 4.78 is 7.36. The van der Waals surface area contributed by atoms with Crippen LogP contribution in [0.5, 0.6) is 0 Å². The van der Waals surface area contributed by atoms with Crippen LogP contribution in [-0.2, 0) is 16.8 Å². The van der Waals surface area contributed by atoms with Gasteiger partial charge < -0.3 is 9.73 Å². The molecule has 142 valence electrons. The van der Waals surface area contributed by atoms with Crippen molar-refractivity contribution in [3.8, 4) is 0 Å². The van der Waals surface area contributed by atoms with Crippen LogP contribution in [0.15, 0.2) is 46.2 Å². The summed E-state index contributed by atoms with van der Waals surface area (Å²) in [5.74, 6) is 1.24. The maximum absolute atomic E-state index is 12.3. The van der Waals surface area contributed by atoms with Crippen LogP contribution in [0.2, 0.25) is 0 Å². The summed E-state index contributed by atoms with van der Waals surface area (Å²) in [6.45, 7) is 8.64. The maximum Gasteiger partial charge on any atom is 0.277 e. The number of benzene rings is 1. The standard InChI is InChI=1S/C19H23N5O2S/c1-13-6-5-7-14(10-13)11-24-15(8-9-20-24)21-16(25)12-27-18-23-22-17(26-18)19(2,3)4/h5-10H,11-12H2,1-4H3,(H,21,25). The number of aromatic nitrogens is 4. The largest absolute Gasteiger partial charge is 0.415 e. The number of hydrogen-bond acceptors (Lipinski definition) is 6. The molecule has 1 N–H and O–H groups in total. The molecule has 3 rings (SSSR count). The van der Waals surface area contributed by atoms with Gasteiger partial charge in [-0.05, 0) is 12.5 Å². The zero-order chi connectivity index (χ0) is 19.4. The first kappa shape index (κ1) is 19.2. The summed E-state index contributed by atoms with van der Waals surface area (Å²) in [5, 5.41) is 15.6. The van der Waals surface area contributed by atoms with E-state index in [1.165, 1.54) is 17.3 Å². The highest BCUT2D eigenvalue weighted by Gasteiger charge is 2.22. The Labute approximate surface area is 162 Å². The monoisotopic (exact) mass is 385 g/mol. The Morgan fingerprint density at radius 1 is 1.26 bits per heavy atom. The number of nitrogens with zero attached hydrogens (tertiary/aromatic N) is 4. The summed E-state index contributed by atoms with van der Waals surface area (Å²) >= 11 is 1.22. The average molecular weight is 385 g/mol. The molecule has 0 bridgehead atoms. The smallest absolute Gasteiger partial charge is 0.277 e. The highest BCUT2D eigenvalue weighted by Crippen LogP contribution is 2.24. The van der Waals surface area contributed by atoms with Gasteiger partial charge in [0.2, 0.25) is 11.8 Å². The lowest BCUT2D eigenvalue weighted by Crippen LogP contribution is -2.17. The van der Waals surface area contributed by atoms with E-state index in [1.54, 1.807) is 16.9 Å². The molecule has 0 radical (unpaired) electrons. The van der Waals surface area contributed by atoms with E-state index < -0.39 is 0 Å². The second-order valence-corrected chi connectivity index (χ2v) is 8.25. The van der Waals surface area contributed by atoms with E-state index in [2.05, 4.69) is 39.7 Å². The average Bonchev–Trinajstić information content (AvgIpc) is 3.23. The molecule has 1 aromatic carbocycles. The molecule has 0 fully saturated rings. The van der Waals surface area contributed by atoms with Gasteiger partial charge in [0.15, 0.2) is 0 Å². The normalized spacial score (nSPS) is 11.6. The minimum absolute atomic E-state index is 0.151. The SMILES string of the molecule is Cc1cccc(Cn2nccc2NC(=O)CSc2nnc(C(C)(C)C)o2)c1. The number of anilines is 1. The van der Waals surface area contributed by atoms with Crippen LogP contribution >= 0.6 is 11.8 Å². The van der Waals surface area contributed by atoms with Crippen molar-refractivity contribution in [1.82, 2.24) is 20.0 Å². The number of nitrogens with one attached hydrogen (secondary N) is 1. The van der Waals surface area contributed by atoms with Gasteiger partial charge in [-0.2, -0.15) is 5.10 Å². The van der Waals surface area contributed by atoms with Crippen LogP contribution in [0, 0.1) is 6.92 Å². The molecule has 3 aromatic rings. The zero-order valence-electron chi connectivity index (χ0n) is 15.9. The second kappa shape index (κ2) is 7.96. The van der Waals surface area contributed by atoms with Crippen molar-refractivity contribution in [2.75, 3.05) is 11.1 Å². The molecule has 0 aliphatic heterocycles. The van der Waals surface area contributed by atoms with Gasteiger partial charge in [-0.25, -0.2) is 4.68 Å². The Kier molecular flexibility index (Phi) is 5.65. The van der Waals surface area contributed by atoms with E-state index in [1.807, 2.05) is 32.9 Å². The molecule has 0 unspecified atom stereocenters. The summed E-state index contributed by atoms with van der Waals surface area (Å²) in [4.78, 5) is 12.3. The van der Waals surface area contributed by atoms with E-state index in [9.17, 15) is 4.79 Å². The topological polar surface area (TPSA) is 85.8 Å². The predicted molar refractivity (Wildman–Crippen MR) is 105 cm³/mol. The molecule has 0 atom stereocenters. The Morgan fingerprint density at radius 2 is 2.07 bits per heavy atom. The van der Waals surface area contributed by atoms with Gasteiger partial charge in [0.1, 0.15) is 5.82 Å². The second-order valence-electron chi connectivity index (χ2n) is 7.32. The predicted octanol–water partition coefficient (Wildman–Crippen LogP) is 3.65. The van der Waals surface area contributed by atoms with Gasteiger partial charge in [0, 0.05) is 11.5 Å². The molecule has 7 nitrogen and oxygen atoms in total. The zero-order valence-corrected chi connectivity index (χ0v) is 16.7. The third-order valence-electron chi connectivity index (χ3n) is 3.77. The van der Waals surface area contributed by atoms with Gasteiger partial charge in [0.25, 0.3) is 5.22 Å². The number of amides is 1. The fraction of sp³-hybridized carbons (Fsp3) is 0.368. The van der Waals surface area contributed by atoms with Crippen molar-refractivity contribution in [2.24, 2.45) is 0 Å². The Balaban J connectivity index is 1.57. The van der Waals surface area contributed by atoms with Crippen molar-refractivity contribution in [3.05, 3.63) is 53.5 Å². The molecule has 0 saturated heterocycles. The molecular weight excluding hydrogens is 362 g/mol. The van der Waals surface area contributed by atoms with E-state index in [-0.39, 0.29) is 17.1 Å². The van der Waals surface area contributed by atoms with Crippen LogP contribution in [0.25, 0.3) is 0 Å². The van der Waals surface area contributed by atoms with Crippen LogP contribution in [0.1, 0.15) is 37.8 Å². The minimum Gasteiger partial charge on any atom is -0.415 e. The van der Waals surface area contributed by atoms with E-state index in [0.717, 1.165) is 5.56 Å². The Hall–Kier alpha value is -2.61. The Bertz CT molecular complexity index is 926. The number of carbonyl (C=O) groups excluding carboxylic acids is 1. The molecule has 0 aliphatic rings. The van der Waals surface area contributed by atoms with E-state index >= 15 is 0 Å². The third kappa shape index (κ3) is 5.19. The van der Waals surface area contributed by atoms with E-state index in [4.69, 9.17) is 4.42 Å². The fourth-order valence-corrected chi connectivity index (χ4v) is 2.99. The number of thioether (sulfide) groups is 1. The molecule has 2 aromatic heterocycles. The highest BCUT2D eigenvalue weighted by molar-refractivity contribution is 7.99. The van der Waals surface area contributed by atoms with Gasteiger partial charge in [-0.1, -0.05) is 62.4 Å². The van der Waals surface area contributed by atoms with Crippen LogP contribution in [-0.4, -0.2) is 31.6 Å². The van der Waals surface area contributed by atoms with Gasteiger partial charge in [0.05, 0.1) is 18.5 Å². The van der Waals surface area contributed by atoms with Crippen molar-refractivity contribution < 1.29 is 9.21 Å². The maximum atomic E-state index is 12.3. The molecule has 8 heteroatoms. The first-order valence-corrected chi connectivity index (χ1v) is 9.64. The van der Waals surface area contributed by atoms with Gasteiger partial charge >= 0.3 is 0 Å². The third-order valence-corrected chi connectivity index (χ3v) is 4.59. The lowest BCUT2D eigenvalue weighted by atomic mass is 9.97. The fourth-order valence-electron chi connectivity index (χ4n) is 2.43. The van der Waals surface area contributed by atoms with Crippen LogP contribution in [0.4, 0.5) is 5.82 Å². The quantitative estimate of drug-likeness (QED) is 0.652. The van der Waals surface area contributed by atoms with Crippen molar-refractivity contribution in [2.45, 2.75) is 44.9 Å². The first-order chi connectivity index (χ1) is 12.8. The van der Waals surface area contributed by atoms with Crippen molar-refractivity contribution in [1.29, 1.82) is 0 Å². The molecule has 0 saturated carbocycles. The first-order valence-electron chi connectivity index (χ1n) is 8.65. The lowest BCUT2D eigenvalue weighted by molar-refractivity contribution is -0.113. The lowest BCUT2D eigenvalue weighted by Gasteiger charge is -2.11. The van der Waals surface area contributed by atoms with Gasteiger partial charge in [-0.15, -0.1) is 10.2 Å². The summed E-state index contributed by atoms with van der Waals surface area (Å²) in [6.07, 6.45) is 1.67. The molecule has 1 amide bonds. The van der Waals surface area contributed by atoms with Crippen molar-refractivity contribution >= 4 is 23.5 Å². The Morgan fingerprint density at radius 3 is 2.78 bits per heavy atom. The van der Waals surface area contributed by atoms with Crippen molar-refractivity contribution in [3.63, 3.8) is 0 Å². The summed E-state index contributed by atoms with van der Waals surface area (Å²) in [5.41, 5.74) is 2.11. The number of carbonyl (C=O) groups is 1. The molecule has 2 heterocycles. The summed E-state index contributed by atoms with van der Waals surface area (Å²) in [6, 6.07) is 9.99. The number of rotatable bonds is 6. The van der Waals surface area contributed by atoms with Crippen LogP contribution < -0.4 is 5.32 Å². The molecule has 0 aliphatic carbocycles. The van der Waals surface area contributed by atoms with Crippen LogP contribution in [0.3, 0.4) is 0 Å². The van der Waals surface area contributed by atoms with E-state index in [0.29, 0.717) is 23.5 Å². The van der Waals surface area contributed by atoms with Gasteiger partial charge in [-0.3, -0.25) is 4.79 Å². The molecule has 0 spiro atoms. The number of aryl methyl sites for hydroxylation is 1. The summed E-state index contributed by atoms with van der Waals surface area (Å²) in [7, 11) is 0. The molecule has 27 heavy (non-hydrogen) atoms. The minimum atomic E-state index is -0.212. The molecular formula is C19H23N5O2S. The number of hydrogen-bond donors (Lipinski definition) is 1.